The van der Waals surface area contributed by atoms with E-state index in [-0.39, 0.29) is 38.0 Å². The Balaban J connectivity index is 0.00000982. The van der Waals surface area contributed by atoms with Crippen LogP contribution in [-0.2, 0) is 38.3 Å². The molecule has 0 radical (unpaired) electrons. The Morgan fingerprint density at radius 1 is 0.618 bits per heavy atom. The first-order valence-corrected chi connectivity index (χ1v) is 22.1. The second kappa shape index (κ2) is 19.3. The maximum atomic E-state index is 13.1. The molecule has 7 aromatic carbocycles. The van der Waals surface area contributed by atoms with Crippen molar-refractivity contribution in [2.45, 2.75) is 92.0 Å². The number of fused-ring (bicyclic) bond motifs is 1. The van der Waals surface area contributed by atoms with Gasteiger partial charge in [0.15, 0.2) is 0 Å². The molecular weight excluding hydrogens is 1010 g/mol. The quantitative estimate of drug-likeness (QED) is 0.139. The van der Waals surface area contributed by atoms with E-state index in [0.717, 1.165) is 33.9 Å². The van der Waals surface area contributed by atoms with Crippen LogP contribution in [0.5, 0.6) is 5.75 Å². The smallest absolute Gasteiger partial charge is 0.148 e. The Labute approximate surface area is 445 Å². The summed E-state index contributed by atoms with van der Waals surface area (Å²) in [6.45, 7) is -16.9. The van der Waals surface area contributed by atoms with Crippen LogP contribution in [0, 0.1) is 12.0 Å². The van der Waals surface area contributed by atoms with Gasteiger partial charge in [0.2, 0.25) is 0 Å². The molecule has 0 unspecified atom stereocenters. The summed E-state index contributed by atoms with van der Waals surface area (Å²) in [4.78, 5) is 10.0. The zero-order valence-electron chi connectivity index (χ0n) is 57.0. The largest absolute Gasteiger partial charge is 0.507 e. The van der Waals surface area contributed by atoms with Crippen molar-refractivity contribution in [2.24, 2.45) is 5.92 Å². The third-order valence-electron chi connectivity index (χ3n) is 12.0. The van der Waals surface area contributed by atoms with E-state index in [4.69, 9.17) is 36.0 Å². The molecule has 0 saturated carbocycles. The molecular formula is C63H62N3OPt-. The van der Waals surface area contributed by atoms with Crippen molar-refractivity contribution in [3.05, 3.63) is 192 Å². The monoisotopic (exact) mass is 1090 g/mol. The predicted molar refractivity (Wildman–Crippen MR) is 282 cm³/mol. The van der Waals surface area contributed by atoms with Gasteiger partial charge < -0.3 is 5.11 Å². The van der Waals surface area contributed by atoms with E-state index in [2.05, 4.69) is 6.07 Å². The fraction of sp³-hybridized carbons (Fsp3) is 0.238. The maximum Gasteiger partial charge on any atom is 0.148 e. The van der Waals surface area contributed by atoms with Crippen LogP contribution in [0.15, 0.2) is 164 Å². The van der Waals surface area contributed by atoms with Gasteiger partial charge in [-0.15, -0.1) is 23.8 Å². The number of hydrogen-bond acceptors (Lipinski definition) is 3. The van der Waals surface area contributed by atoms with Gasteiger partial charge in [-0.25, -0.2) is 4.98 Å². The molecule has 9 aromatic rings. The Morgan fingerprint density at radius 2 is 1.29 bits per heavy atom. The van der Waals surface area contributed by atoms with Crippen molar-refractivity contribution in [1.82, 2.24) is 14.5 Å². The average molecular weight is 1090 g/mol. The van der Waals surface area contributed by atoms with Gasteiger partial charge in [0, 0.05) is 70.1 Å². The fourth-order valence-corrected chi connectivity index (χ4v) is 8.68. The molecule has 68 heavy (non-hydrogen) atoms. The van der Waals surface area contributed by atoms with Crippen LogP contribution in [0.2, 0.25) is 0 Å². The summed E-state index contributed by atoms with van der Waals surface area (Å²) in [5.74, 6) is -2.44. The molecule has 0 bridgehead atoms. The van der Waals surface area contributed by atoms with E-state index in [1.54, 1.807) is 30.5 Å². The summed E-state index contributed by atoms with van der Waals surface area (Å²) < 4.78 is 169. The molecule has 0 aliphatic carbocycles. The SMILES string of the molecule is [2H]C(C)(C)c1ccc(-c2ccnc(-c3[c-]c(-c4cccc5c4nc(-c4cc(C(C([2H])([2H])[2H])(C([2H])([2H])[2H])C([2H])([2H])[2H])cc(C(C([2H])([2H])[2H])(C([2H])([2H])[2H])C([2H])([2H])[2H])c4O)n5-c4ccc(CC(C)C)cc4-c4ccccc4)cc(-c4ccccc4)c3)c2)cc1.[Pt]. The van der Waals surface area contributed by atoms with Crippen molar-refractivity contribution in [2.75, 3.05) is 0 Å². The molecule has 0 fully saturated rings. The number of aromatic nitrogens is 3. The Bertz CT molecular complexity index is 3900. The maximum absolute atomic E-state index is 13.1. The number of benzene rings is 7. The normalized spacial score (nSPS) is 17.3. The van der Waals surface area contributed by atoms with Gasteiger partial charge in [0.05, 0.1) is 22.3 Å². The second-order valence-corrected chi connectivity index (χ2v) is 17.7. The van der Waals surface area contributed by atoms with E-state index in [9.17, 15) is 5.11 Å². The molecule has 4 nitrogen and oxygen atoms in total. The van der Waals surface area contributed by atoms with Crippen LogP contribution in [0.25, 0.3) is 83.9 Å². The summed E-state index contributed by atoms with van der Waals surface area (Å²) in [5, 5.41) is 13.1. The third kappa shape index (κ3) is 9.81. The minimum atomic E-state index is -4.15. The van der Waals surface area contributed by atoms with Gasteiger partial charge in [-0.1, -0.05) is 201 Å². The minimum Gasteiger partial charge on any atom is -0.507 e. The Hall–Kier alpha value is -6.35. The first-order valence-electron chi connectivity index (χ1n) is 31.6. The first kappa shape index (κ1) is 29.5. The first-order chi connectivity index (χ1) is 39.8. The van der Waals surface area contributed by atoms with Gasteiger partial charge in [-0.3, -0.25) is 9.55 Å². The predicted octanol–water partition coefficient (Wildman–Crippen LogP) is 16.8. The van der Waals surface area contributed by atoms with Crippen LogP contribution in [0.3, 0.4) is 0 Å². The van der Waals surface area contributed by atoms with Crippen LogP contribution < -0.4 is 0 Å². The van der Waals surface area contributed by atoms with Gasteiger partial charge in [0.1, 0.15) is 11.6 Å². The Morgan fingerprint density at radius 3 is 1.97 bits per heavy atom. The van der Waals surface area contributed by atoms with Crippen molar-refractivity contribution >= 4 is 11.0 Å². The molecule has 2 heterocycles. The van der Waals surface area contributed by atoms with Crippen LogP contribution in [0.4, 0.5) is 0 Å². The summed E-state index contributed by atoms with van der Waals surface area (Å²) in [5.41, 5.74) is -2.97. The number of hydrogen-bond donors (Lipinski definition) is 1. The van der Waals surface area contributed by atoms with E-state index in [0.29, 0.717) is 57.2 Å². The van der Waals surface area contributed by atoms with Crippen LogP contribution in [0.1, 0.15) is 123 Å². The zero-order chi connectivity index (χ0) is 63.1. The molecule has 0 atom stereocenters. The standard InChI is InChI=1S/C63H62N3O.Pt/c1-40(2)32-42-24-29-57(53(33-42)46-20-15-12-16-21-46)66-58-23-17-22-52(59(58)65-61(66)54-38-51(62(5,6)7)39-55(60(54)67)63(8,9)10)49-34-48(44-18-13-11-14-19-44)35-50(36-49)56-37-47(30-31-64-56)45-27-25-43(26-28-45)41(3)4;/h11-31,33-35,37-41,67H,32H2,1-10H3;/q-1;/i5D3,6D3,7D3,8D3,9D3,10D3,41D;. The molecule has 346 valence electrons. The number of pyridine rings is 1. The molecule has 0 aliphatic heterocycles. The van der Waals surface area contributed by atoms with Gasteiger partial charge in [-0.05, 0) is 98.3 Å². The number of phenolic OH excluding ortho intramolecular Hbond substituents is 1. The van der Waals surface area contributed by atoms with Crippen LogP contribution >= 0.6 is 0 Å². The van der Waals surface area contributed by atoms with E-state index in [1.807, 2.05) is 149 Å². The number of rotatable bonds is 10. The molecule has 0 spiro atoms. The third-order valence-corrected chi connectivity index (χ3v) is 12.0. The number of imidazole rings is 1. The summed E-state index contributed by atoms with van der Waals surface area (Å²) >= 11 is 0. The van der Waals surface area contributed by atoms with E-state index in [1.165, 1.54) is 4.57 Å². The van der Waals surface area contributed by atoms with Crippen molar-refractivity contribution in [3.8, 4) is 78.6 Å². The molecule has 0 saturated heterocycles. The number of nitrogens with zero attached hydrogens (tertiary/aromatic N) is 3. The zero-order valence-corrected chi connectivity index (χ0v) is 40.3. The number of aromatic hydroxyl groups is 1. The number of para-hydroxylation sites is 1. The van der Waals surface area contributed by atoms with E-state index < -0.39 is 86.1 Å². The number of phenols is 1. The van der Waals surface area contributed by atoms with Crippen molar-refractivity contribution in [3.63, 3.8) is 0 Å². The summed E-state index contributed by atoms with van der Waals surface area (Å²) in [6, 6.07) is 49.1. The summed E-state index contributed by atoms with van der Waals surface area (Å²) in [7, 11) is 0. The van der Waals surface area contributed by atoms with Gasteiger partial charge >= 0.3 is 0 Å². The molecule has 0 aliphatic rings. The molecule has 1 N–H and O–H groups in total. The van der Waals surface area contributed by atoms with Crippen LogP contribution in [-0.4, -0.2) is 19.6 Å². The minimum absolute atomic E-state index is 0. The Kier molecular flexibility index (Phi) is 8.39. The molecule has 5 heteroatoms. The fourth-order valence-electron chi connectivity index (χ4n) is 8.68. The molecule has 9 rings (SSSR count). The van der Waals surface area contributed by atoms with E-state index >= 15 is 0 Å². The second-order valence-electron chi connectivity index (χ2n) is 17.7. The van der Waals surface area contributed by atoms with Crippen molar-refractivity contribution < 1.29 is 52.2 Å². The average Bonchev–Trinajstić information content (AvgIpc) is 1.24. The molecule has 2 aromatic heterocycles. The van der Waals surface area contributed by atoms with Crippen molar-refractivity contribution in [1.29, 1.82) is 0 Å². The topological polar surface area (TPSA) is 50.9 Å². The molecule has 0 amide bonds. The van der Waals surface area contributed by atoms with Gasteiger partial charge in [-0.2, -0.15) is 0 Å². The van der Waals surface area contributed by atoms with Gasteiger partial charge in [0.25, 0.3) is 0 Å². The summed E-state index contributed by atoms with van der Waals surface area (Å²) in [6.07, 6.45) is 2.29.